The van der Waals surface area contributed by atoms with Gasteiger partial charge in [-0.15, -0.1) is 11.6 Å². The van der Waals surface area contributed by atoms with Gasteiger partial charge < -0.3 is 15.1 Å². The molecule has 1 fully saturated rings. The third-order valence-corrected chi connectivity index (χ3v) is 6.79. The van der Waals surface area contributed by atoms with Crippen molar-refractivity contribution in [1.29, 1.82) is 0 Å². The molecule has 1 heterocycles. The number of halogens is 1. The zero-order chi connectivity index (χ0) is 23.4. The SMILES string of the molecule is Cc1ccc(N2CCN(C)CC2)cc1C(=O)N[C@H](C)c1cccc(-c2cccc(CCl)c2)c1. The summed E-state index contributed by atoms with van der Waals surface area (Å²) in [5.41, 5.74) is 7.26. The highest BCUT2D eigenvalue weighted by Crippen LogP contribution is 2.26. The van der Waals surface area contributed by atoms with Crippen molar-refractivity contribution in [2.45, 2.75) is 25.8 Å². The number of hydrogen-bond donors (Lipinski definition) is 1. The van der Waals surface area contributed by atoms with Gasteiger partial charge in [-0.25, -0.2) is 0 Å². The van der Waals surface area contributed by atoms with Crippen LogP contribution in [-0.2, 0) is 5.88 Å². The van der Waals surface area contributed by atoms with Crippen LogP contribution in [0.1, 0.15) is 40.0 Å². The molecule has 0 bridgehead atoms. The average molecular weight is 462 g/mol. The predicted octanol–water partition coefficient (Wildman–Crippen LogP) is 5.64. The van der Waals surface area contributed by atoms with E-state index in [2.05, 4.69) is 64.6 Å². The molecule has 1 amide bonds. The van der Waals surface area contributed by atoms with Gasteiger partial charge in [0.1, 0.15) is 0 Å². The Balaban J connectivity index is 1.50. The van der Waals surface area contributed by atoms with Crippen molar-refractivity contribution < 1.29 is 4.79 Å². The first-order valence-corrected chi connectivity index (χ1v) is 12.1. The first kappa shape index (κ1) is 23.3. The molecule has 1 atom stereocenters. The fourth-order valence-corrected chi connectivity index (χ4v) is 4.46. The van der Waals surface area contributed by atoms with Crippen LogP contribution < -0.4 is 10.2 Å². The Kier molecular flexibility index (Phi) is 7.36. The lowest BCUT2D eigenvalue weighted by atomic mass is 9.98. The summed E-state index contributed by atoms with van der Waals surface area (Å²) in [5, 5.41) is 3.20. The molecule has 33 heavy (non-hydrogen) atoms. The number of hydrogen-bond acceptors (Lipinski definition) is 3. The fourth-order valence-electron chi connectivity index (χ4n) is 4.30. The molecule has 4 nitrogen and oxygen atoms in total. The molecule has 1 saturated heterocycles. The maximum Gasteiger partial charge on any atom is 0.252 e. The molecule has 3 aromatic rings. The zero-order valence-corrected chi connectivity index (χ0v) is 20.4. The molecular weight excluding hydrogens is 430 g/mol. The minimum absolute atomic E-state index is 0.0366. The lowest BCUT2D eigenvalue weighted by Crippen LogP contribution is -2.44. The number of nitrogens with zero attached hydrogens (tertiary/aromatic N) is 2. The van der Waals surface area contributed by atoms with Gasteiger partial charge in [0, 0.05) is 43.3 Å². The van der Waals surface area contributed by atoms with E-state index in [1.165, 1.54) is 0 Å². The van der Waals surface area contributed by atoms with Crippen molar-refractivity contribution in [3.8, 4) is 11.1 Å². The summed E-state index contributed by atoms with van der Waals surface area (Å²) >= 11 is 6.01. The highest BCUT2D eigenvalue weighted by Gasteiger charge is 2.18. The standard InChI is InChI=1S/C28H32ClN3O/c1-20-10-11-26(32-14-12-31(3)13-15-32)18-27(20)28(33)30-21(2)23-7-5-9-25(17-23)24-8-4-6-22(16-24)19-29/h4-11,16-18,21H,12-15,19H2,1-3H3,(H,30,33)/t21-/m1/s1. The minimum atomic E-state index is -0.111. The van der Waals surface area contributed by atoms with Crippen LogP contribution in [0.15, 0.2) is 66.7 Å². The first-order valence-electron chi connectivity index (χ1n) is 11.5. The first-order chi connectivity index (χ1) is 15.9. The summed E-state index contributed by atoms with van der Waals surface area (Å²) in [6, 6.07) is 22.7. The van der Waals surface area contributed by atoms with Gasteiger partial charge in [0.25, 0.3) is 5.91 Å². The number of aryl methyl sites for hydroxylation is 1. The maximum absolute atomic E-state index is 13.2. The van der Waals surface area contributed by atoms with Crippen LogP contribution in [-0.4, -0.2) is 44.0 Å². The second-order valence-corrected chi connectivity index (χ2v) is 9.21. The van der Waals surface area contributed by atoms with Gasteiger partial charge in [-0.3, -0.25) is 4.79 Å². The lowest BCUT2D eigenvalue weighted by molar-refractivity contribution is 0.0939. The van der Waals surface area contributed by atoms with E-state index < -0.39 is 0 Å². The summed E-state index contributed by atoms with van der Waals surface area (Å²) in [4.78, 5) is 17.9. The molecule has 3 aromatic carbocycles. The van der Waals surface area contributed by atoms with Crippen molar-refractivity contribution in [2.24, 2.45) is 0 Å². The number of benzene rings is 3. The molecule has 5 heteroatoms. The topological polar surface area (TPSA) is 35.6 Å². The second kappa shape index (κ2) is 10.4. The van der Waals surface area contributed by atoms with Gasteiger partial charge in [0.05, 0.1) is 6.04 Å². The number of carbonyl (C=O) groups excluding carboxylic acids is 1. The third kappa shape index (κ3) is 5.58. The number of amides is 1. The summed E-state index contributed by atoms with van der Waals surface area (Å²) in [6.07, 6.45) is 0. The molecule has 1 aliphatic rings. The van der Waals surface area contributed by atoms with E-state index in [-0.39, 0.29) is 11.9 Å². The van der Waals surface area contributed by atoms with E-state index in [9.17, 15) is 4.79 Å². The van der Waals surface area contributed by atoms with Crippen LogP contribution in [0.3, 0.4) is 0 Å². The molecule has 0 radical (unpaired) electrons. The van der Waals surface area contributed by atoms with Gasteiger partial charge in [0.2, 0.25) is 0 Å². The Hall–Kier alpha value is -2.82. The van der Waals surface area contributed by atoms with E-state index >= 15 is 0 Å². The molecule has 0 spiro atoms. The molecular formula is C28H32ClN3O. The molecule has 1 N–H and O–H groups in total. The maximum atomic E-state index is 13.2. The van der Waals surface area contributed by atoms with Gasteiger partial charge in [-0.1, -0.05) is 42.5 Å². The quantitative estimate of drug-likeness (QED) is 0.482. The van der Waals surface area contributed by atoms with E-state index in [4.69, 9.17) is 11.6 Å². The highest BCUT2D eigenvalue weighted by molar-refractivity contribution is 6.17. The van der Waals surface area contributed by atoms with Crippen molar-refractivity contribution in [1.82, 2.24) is 10.2 Å². The second-order valence-electron chi connectivity index (χ2n) is 8.94. The Morgan fingerprint density at radius 1 is 0.970 bits per heavy atom. The van der Waals surface area contributed by atoms with E-state index in [0.29, 0.717) is 5.88 Å². The summed E-state index contributed by atoms with van der Waals surface area (Å²) < 4.78 is 0. The van der Waals surface area contributed by atoms with E-state index in [1.807, 2.05) is 38.1 Å². The van der Waals surface area contributed by atoms with E-state index in [1.54, 1.807) is 0 Å². The lowest BCUT2D eigenvalue weighted by Gasteiger charge is -2.34. The van der Waals surface area contributed by atoms with Crippen LogP contribution in [0.4, 0.5) is 5.69 Å². The van der Waals surface area contributed by atoms with Crippen LogP contribution >= 0.6 is 11.6 Å². The number of nitrogens with one attached hydrogen (secondary N) is 1. The Bertz CT molecular complexity index is 1120. The van der Waals surface area contributed by atoms with Gasteiger partial charge in [-0.2, -0.15) is 0 Å². The Morgan fingerprint density at radius 3 is 2.39 bits per heavy atom. The molecule has 0 unspecified atom stereocenters. The number of piperazine rings is 1. The van der Waals surface area contributed by atoms with Crippen molar-refractivity contribution in [2.75, 3.05) is 38.1 Å². The minimum Gasteiger partial charge on any atom is -0.369 e. The highest BCUT2D eigenvalue weighted by atomic mass is 35.5. The number of anilines is 1. The van der Waals surface area contributed by atoms with Crippen LogP contribution in [0, 0.1) is 6.92 Å². The normalized spacial score (nSPS) is 15.3. The molecule has 172 valence electrons. The average Bonchev–Trinajstić information content (AvgIpc) is 2.85. The van der Waals surface area contributed by atoms with Crippen molar-refractivity contribution >= 4 is 23.2 Å². The Morgan fingerprint density at radius 2 is 1.67 bits per heavy atom. The van der Waals surface area contributed by atoms with E-state index in [0.717, 1.165) is 65.2 Å². The molecule has 0 aliphatic carbocycles. The zero-order valence-electron chi connectivity index (χ0n) is 19.6. The summed E-state index contributed by atoms with van der Waals surface area (Å²) in [5.74, 6) is 0.456. The van der Waals surface area contributed by atoms with Gasteiger partial charge in [0.15, 0.2) is 0 Å². The number of likely N-dealkylation sites (N-methyl/N-ethyl adjacent to an activating group) is 1. The van der Waals surface area contributed by atoms with Crippen LogP contribution in [0.25, 0.3) is 11.1 Å². The van der Waals surface area contributed by atoms with Crippen LogP contribution in [0.5, 0.6) is 0 Å². The summed E-state index contributed by atoms with van der Waals surface area (Å²) in [7, 11) is 2.15. The number of alkyl halides is 1. The molecule has 0 aromatic heterocycles. The Labute approximate surface area is 202 Å². The predicted molar refractivity (Wildman–Crippen MR) is 138 cm³/mol. The molecule has 0 saturated carbocycles. The van der Waals surface area contributed by atoms with Crippen LogP contribution in [0.2, 0.25) is 0 Å². The molecule has 1 aliphatic heterocycles. The van der Waals surface area contributed by atoms with Crippen molar-refractivity contribution in [3.05, 3.63) is 89.0 Å². The third-order valence-electron chi connectivity index (χ3n) is 6.48. The largest absolute Gasteiger partial charge is 0.369 e. The summed E-state index contributed by atoms with van der Waals surface area (Å²) in [6.45, 7) is 8.07. The monoisotopic (exact) mass is 461 g/mol. The smallest absolute Gasteiger partial charge is 0.252 e. The van der Waals surface area contributed by atoms with Crippen molar-refractivity contribution in [3.63, 3.8) is 0 Å². The number of rotatable bonds is 6. The number of carbonyl (C=O) groups is 1. The van der Waals surface area contributed by atoms with Gasteiger partial charge >= 0.3 is 0 Å². The fraction of sp³-hybridized carbons (Fsp3) is 0.321. The van der Waals surface area contributed by atoms with Gasteiger partial charge in [-0.05, 0) is 73.0 Å². The molecule has 4 rings (SSSR count).